The van der Waals surface area contributed by atoms with Crippen LogP contribution >= 0.6 is 24.0 Å². The zero-order valence-corrected chi connectivity index (χ0v) is 15.7. The minimum absolute atomic E-state index is 0. The molecule has 1 unspecified atom stereocenters. The van der Waals surface area contributed by atoms with Crippen molar-refractivity contribution in [1.82, 2.24) is 5.32 Å². The van der Waals surface area contributed by atoms with Crippen molar-refractivity contribution in [3.05, 3.63) is 29.3 Å². The third-order valence-corrected chi connectivity index (χ3v) is 5.52. The second-order valence-corrected chi connectivity index (χ2v) is 7.09. The summed E-state index contributed by atoms with van der Waals surface area (Å²) in [6.45, 7) is 1.16. The van der Waals surface area contributed by atoms with Crippen molar-refractivity contribution in [3.63, 3.8) is 0 Å². The van der Waals surface area contributed by atoms with E-state index >= 15 is 0 Å². The lowest BCUT2D eigenvalue weighted by molar-refractivity contribution is -0.131. The molecule has 1 saturated carbocycles. The van der Waals surface area contributed by atoms with E-state index in [9.17, 15) is 9.59 Å². The Morgan fingerprint density at radius 2 is 2.00 bits per heavy atom. The Morgan fingerprint density at radius 3 is 2.72 bits per heavy atom. The quantitative estimate of drug-likeness (QED) is 0.836. The smallest absolute Gasteiger partial charge is 0.249 e. The van der Waals surface area contributed by atoms with E-state index in [0.717, 1.165) is 25.7 Å². The Balaban J connectivity index is 0.00000225. The van der Waals surface area contributed by atoms with Gasteiger partial charge in [0.2, 0.25) is 11.8 Å². The SMILES string of the molecule is Cl.NC[C@H]1CCC[C@H]1C(=O)NC1CCCN(c2ccccc2Cl)C1=O. The van der Waals surface area contributed by atoms with E-state index in [4.69, 9.17) is 17.3 Å². The first-order valence-corrected chi connectivity index (χ1v) is 9.06. The Bertz CT molecular complexity index is 626. The largest absolute Gasteiger partial charge is 0.344 e. The van der Waals surface area contributed by atoms with Crippen molar-refractivity contribution < 1.29 is 9.59 Å². The van der Waals surface area contributed by atoms with Crippen LogP contribution in [-0.2, 0) is 9.59 Å². The summed E-state index contributed by atoms with van der Waals surface area (Å²) < 4.78 is 0. The Kier molecular flexibility index (Phi) is 7.11. The van der Waals surface area contributed by atoms with Crippen LogP contribution in [0.4, 0.5) is 5.69 Å². The molecule has 25 heavy (non-hydrogen) atoms. The van der Waals surface area contributed by atoms with Gasteiger partial charge < -0.3 is 16.0 Å². The Hall–Kier alpha value is -1.30. The summed E-state index contributed by atoms with van der Waals surface area (Å²) in [5.41, 5.74) is 6.48. The fraction of sp³-hybridized carbons (Fsp3) is 0.556. The highest BCUT2D eigenvalue weighted by Crippen LogP contribution is 2.32. The molecule has 0 bridgehead atoms. The average Bonchev–Trinajstić information content (AvgIpc) is 3.06. The summed E-state index contributed by atoms with van der Waals surface area (Å²) in [5, 5.41) is 3.52. The fourth-order valence-corrected chi connectivity index (χ4v) is 4.10. The Morgan fingerprint density at radius 1 is 1.24 bits per heavy atom. The van der Waals surface area contributed by atoms with Gasteiger partial charge in [0.1, 0.15) is 6.04 Å². The van der Waals surface area contributed by atoms with Gasteiger partial charge in [0.25, 0.3) is 0 Å². The van der Waals surface area contributed by atoms with E-state index in [0.29, 0.717) is 30.2 Å². The predicted octanol–water partition coefficient (Wildman–Crippen LogP) is 2.75. The number of hydrogen-bond donors (Lipinski definition) is 2. The van der Waals surface area contributed by atoms with Gasteiger partial charge >= 0.3 is 0 Å². The second-order valence-electron chi connectivity index (χ2n) is 6.68. The van der Waals surface area contributed by atoms with Crippen LogP contribution in [0.1, 0.15) is 32.1 Å². The van der Waals surface area contributed by atoms with Crippen LogP contribution in [0.5, 0.6) is 0 Å². The number of rotatable bonds is 4. The van der Waals surface area contributed by atoms with Crippen molar-refractivity contribution >= 4 is 41.5 Å². The molecular formula is C18H25Cl2N3O2. The highest BCUT2D eigenvalue weighted by molar-refractivity contribution is 6.33. The molecule has 5 nitrogen and oxygen atoms in total. The van der Waals surface area contributed by atoms with Gasteiger partial charge in [-0.25, -0.2) is 0 Å². The zero-order valence-electron chi connectivity index (χ0n) is 14.1. The summed E-state index contributed by atoms with van der Waals surface area (Å²) in [4.78, 5) is 27.1. The third kappa shape index (κ3) is 4.27. The molecule has 0 radical (unpaired) electrons. The number of carbonyl (C=O) groups excluding carboxylic acids is 2. The molecule has 2 fully saturated rings. The van der Waals surface area contributed by atoms with Crippen LogP contribution in [0.3, 0.4) is 0 Å². The van der Waals surface area contributed by atoms with Crippen LogP contribution in [0, 0.1) is 11.8 Å². The molecule has 1 aromatic rings. The minimum Gasteiger partial charge on any atom is -0.344 e. The molecule has 3 rings (SSSR count). The molecule has 3 N–H and O–H groups in total. The van der Waals surface area contributed by atoms with Crippen LogP contribution in [-0.4, -0.2) is 30.9 Å². The van der Waals surface area contributed by atoms with E-state index in [1.165, 1.54) is 0 Å². The highest BCUT2D eigenvalue weighted by Gasteiger charge is 2.36. The van der Waals surface area contributed by atoms with E-state index in [1.54, 1.807) is 11.0 Å². The second kappa shape index (κ2) is 8.88. The van der Waals surface area contributed by atoms with E-state index in [1.807, 2.05) is 18.2 Å². The highest BCUT2D eigenvalue weighted by atomic mass is 35.5. The molecule has 1 heterocycles. The molecule has 3 atom stereocenters. The maximum absolute atomic E-state index is 12.8. The molecule has 0 aromatic heterocycles. The lowest BCUT2D eigenvalue weighted by Crippen LogP contribution is -2.54. The fourth-order valence-electron chi connectivity index (χ4n) is 3.86. The molecular weight excluding hydrogens is 361 g/mol. The topological polar surface area (TPSA) is 75.4 Å². The summed E-state index contributed by atoms with van der Waals surface area (Å²) in [5.74, 6) is 0.0779. The maximum Gasteiger partial charge on any atom is 0.249 e. The molecule has 1 aromatic carbocycles. The van der Waals surface area contributed by atoms with Gasteiger partial charge in [-0.05, 0) is 50.3 Å². The number of hydrogen-bond acceptors (Lipinski definition) is 3. The first-order chi connectivity index (χ1) is 11.6. The van der Waals surface area contributed by atoms with Crippen LogP contribution in [0.15, 0.2) is 24.3 Å². The Labute approximate surface area is 159 Å². The lowest BCUT2D eigenvalue weighted by Gasteiger charge is -2.34. The van der Waals surface area contributed by atoms with Gasteiger partial charge in [0.05, 0.1) is 10.7 Å². The maximum atomic E-state index is 12.8. The first kappa shape index (κ1) is 20.0. The molecule has 7 heteroatoms. The third-order valence-electron chi connectivity index (χ3n) is 5.20. The van der Waals surface area contributed by atoms with Gasteiger partial charge in [0.15, 0.2) is 0 Å². The molecule has 2 aliphatic rings. The average molecular weight is 386 g/mol. The van der Waals surface area contributed by atoms with E-state index in [2.05, 4.69) is 5.32 Å². The summed E-state index contributed by atoms with van der Waals surface area (Å²) in [6.07, 6.45) is 4.41. The summed E-state index contributed by atoms with van der Waals surface area (Å²) in [7, 11) is 0. The van der Waals surface area contributed by atoms with Crippen molar-refractivity contribution in [1.29, 1.82) is 0 Å². The number of para-hydroxylation sites is 1. The molecule has 1 aliphatic carbocycles. The van der Waals surface area contributed by atoms with Gasteiger partial charge in [-0.3, -0.25) is 9.59 Å². The number of anilines is 1. The van der Waals surface area contributed by atoms with E-state index in [-0.39, 0.29) is 36.1 Å². The van der Waals surface area contributed by atoms with Crippen LogP contribution in [0.25, 0.3) is 0 Å². The van der Waals surface area contributed by atoms with E-state index < -0.39 is 6.04 Å². The number of nitrogens with two attached hydrogens (primary N) is 1. The van der Waals surface area contributed by atoms with Crippen molar-refractivity contribution in [2.45, 2.75) is 38.1 Å². The molecule has 2 amide bonds. The monoisotopic (exact) mass is 385 g/mol. The van der Waals surface area contributed by atoms with Gasteiger partial charge in [-0.15, -0.1) is 12.4 Å². The molecule has 138 valence electrons. The zero-order chi connectivity index (χ0) is 17.1. The van der Waals surface area contributed by atoms with Gasteiger partial charge in [-0.2, -0.15) is 0 Å². The normalized spacial score (nSPS) is 26.2. The first-order valence-electron chi connectivity index (χ1n) is 8.68. The van der Waals surface area contributed by atoms with Crippen LogP contribution < -0.4 is 16.0 Å². The predicted molar refractivity (Wildman–Crippen MR) is 102 cm³/mol. The lowest BCUT2D eigenvalue weighted by atomic mass is 9.94. The van der Waals surface area contributed by atoms with Crippen molar-refractivity contribution in [2.75, 3.05) is 18.0 Å². The number of nitrogens with zero attached hydrogens (tertiary/aromatic N) is 1. The van der Waals surface area contributed by atoms with Gasteiger partial charge in [-0.1, -0.05) is 30.2 Å². The number of nitrogens with one attached hydrogen (secondary N) is 1. The summed E-state index contributed by atoms with van der Waals surface area (Å²) in [6, 6.07) is 6.84. The number of amides is 2. The number of benzene rings is 1. The van der Waals surface area contributed by atoms with Crippen molar-refractivity contribution in [2.24, 2.45) is 17.6 Å². The minimum atomic E-state index is -0.471. The van der Waals surface area contributed by atoms with Crippen molar-refractivity contribution in [3.8, 4) is 0 Å². The molecule has 1 saturated heterocycles. The van der Waals surface area contributed by atoms with Crippen LogP contribution in [0.2, 0.25) is 5.02 Å². The number of halogens is 2. The molecule has 0 spiro atoms. The number of piperidine rings is 1. The standard InChI is InChI=1S/C18H24ClN3O2.ClH/c19-14-7-1-2-9-16(14)22-10-4-8-15(18(22)24)21-17(23)13-6-3-5-12(13)11-20;/h1-2,7,9,12-13,15H,3-6,8,10-11,20H2,(H,21,23);1H/t12-,13-,15?;/m1./s1. The number of carbonyl (C=O) groups is 2. The molecule has 1 aliphatic heterocycles. The summed E-state index contributed by atoms with van der Waals surface area (Å²) >= 11 is 6.22. The van der Waals surface area contributed by atoms with Gasteiger partial charge in [0, 0.05) is 12.5 Å².